The number of aliphatic carboxylic acids is 1. The molecule has 4 rings (SSSR count). The fraction of sp³-hybridized carbons (Fsp3) is 0.111. The Balaban J connectivity index is 2.13. The molecule has 0 radical (unpaired) electrons. The van der Waals surface area contributed by atoms with Crippen molar-refractivity contribution in [2.75, 3.05) is 0 Å². The summed E-state index contributed by atoms with van der Waals surface area (Å²) in [4.78, 5) is 23.8. The van der Waals surface area contributed by atoms with Crippen LogP contribution in [0.1, 0.15) is 17.0 Å². The van der Waals surface area contributed by atoms with Crippen molar-refractivity contribution in [2.45, 2.75) is 12.3 Å². The molecule has 0 fully saturated rings. The van der Waals surface area contributed by atoms with Gasteiger partial charge in [-0.05, 0) is 23.4 Å². The molecule has 4 nitrogen and oxygen atoms in total. The first kappa shape index (κ1) is 12.8. The van der Waals surface area contributed by atoms with E-state index in [1.165, 1.54) is 0 Å². The monoisotopic (exact) mass is 292 g/mol. The van der Waals surface area contributed by atoms with Gasteiger partial charge >= 0.3 is 11.6 Å². The molecule has 0 amide bonds. The maximum absolute atomic E-state index is 12.2. The minimum absolute atomic E-state index is 0.325. The van der Waals surface area contributed by atoms with Gasteiger partial charge in [-0.2, -0.15) is 0 Å². The Labute approximate surface area is 125 Å². The Morgan fingerprint density at radius 3 is 2.50 bits per heavy atom. The van der Waals surface area contributed by atoms with Crippen LogP contribution < -0.4 is 5.63 Å². The fourth-order valence-corrected chi connectivity index (χ4v) is 3.22. The van der Waals surface area contributed by atoms with Crippen molar-refractivity contribution >= 4 is 16.7 Å². The first-order chi connectivity index (χ1) is 10.7. The zero-order chi connectivity index (χ0) is 15.3. The Kier molecular flexibility index (Phi) is 2.66. The van der Waals surface area contributed by atoms with Gasteiger partial charge < -0.3 is 9.52 Å². The molecule has 3 aromatic rings. The molecule has 1 atom stereocenters. The van der Waals surface area contributed by atoms with Crippen LogP contribution in [-0.4, -0.2) is 11.1 Å². The second-order valence-corrected chi connectivity index (χ2v) is 5.42. The van der Waals surface area contributed by atoms with Gasteiger partial charge in [0.15, 0.2) is 0 Å². The molecule has 0 spiro atoms. The summed E-state index contributed by atoms with van der Waals surface area (Å²) < 4.78 is 5.52. The van der Waals surface area contributed by atoms with Crippen molar-refractivity contribution in [3.05, 3.63) is 70.1 Å². The van der Waals surface area contributed by atoms with E-state index < -0.39 is 17.5 Å². The van der Waals surface area contributed by atoms with Gasteiger partial charge in [0.2, 0.25) is 0 Å². The van der Waals surface area contributed by atoms with Crippen LogP contribution in [-0.2, 0) is 11.2 Å². The van der Waals surface area contributed by atoms with E-state index in [4.69, 9.17) is 4.42 Å². The second-order valence-electron chi connectivity index (χ2n) is 5.42. The van der Waals surface area contributed by atoms with E-state index in [1.807, 2.05) is 18.2 Å². The van der Waals surface area contributed by atoms with Gasteiger partial charge in [-0.15, -0.1) is 0 Å². The SMILES string of the molecule is O=C(O)[C@H]1Cc2c(oc(=O)c3ccccc23)-c2ccccc21. The highest BCUT2D eigenvalue weighted by Crippen LogP contribution is 2.41. The van der Waals surface area contributed by atoms with E-state index in [0.29, 0.717) is 28.7 Å². The van der Waals surface area contributed by atoms with Crippen molar-refractivity contribution in [1.29, 1.82) is 0 Å². The lowest BCUT2D eigenvalue weighted by Gasteiger charge is -2.24. The lowest BCUT2D eigenvalue weighted by atomic mass is 9.80. The Bertz CT molecular complexity index is 968. The number of hydrogen-bond donors (Lipinski definition) is 1. The van der Waals surface area contributed by atoms with Crippen LogP contribution in [0.3, 0.4) is 0 Å². The molecule has 0 aliphatic heterocycles. The number of hydrogen-bond acceptors (Lipinski definition) is 3. The normalized spacial score (nSPS) is 16.1. The number of rotatable bonds is 1. The van der Waals surface area contributed by atoms with Crippen LogP contribution >= 0.6 is 0 Å². The van der Waals surface area contributed by atoms with E-state index in [-0.39, 0.29) is 0 Å². The third-order valence-corrected chi connectivity index (χ3v) is 4.23. The zero-order valence-corrected chi connectivity index (χ0v) is 11.6. The number of carboxylic acids is 1. The van der Waals surface area contributed by atoms with Gasteiger partial charge in [0.05, 0.1) is 11.3 Å². The maximum atomic E-state index is 12.2. The predicted octanol–water partition coefficient (Wildman–Crippen LogP) is 3.18. The molecule has 0 bridgehead atoms. The molecule has 22 heavy (non-hydrogen) atoms. The summed E-state index contributed by atoms with van der Waals surface area (Å²) >= 11 is 0. The molecule has 1 aromatic heterocycles. The molecule has 1 N–H and O–H groups in total. The van der Waals surface area contributed by atoms with Gasteiger partial charge in [0.1, 0.15) is 5.76 Å². The van der Waals surface area contributed by atoms with Crippen LogP contribution in [0, 0.1) is 0 Å². The Morgan fingerprint density at radius 2 is 1.73 bits per heavy atom. The van der Waals surface area contributed by atoms with Crippen molar-refractivity contribution < 1.29 is 14.3 Å². The summed E-state index contributed by atoms with van der Waals surface area (Å²) in [7, 11) is 0. The summed E-state index contributed by atoms with van der Waals surface area (Å²) in [5.74, 6) is -0.995. The molecule has 1 heterocycles. The molecule has 1 aliphatic carbocycles. The molecular weight excluding hydrogens is 280 g/mol. The number of fused-ring (bicyclic) bond motifs is 5. The highest BCUT2D eigenvalue weighted by Gasteiger charge is 2.32. The van der Waals surface area contributed by atoms with Gasteiger partial charge in [0, 0.05) is 11.1 Å². The quantitative estimate of drug-likeness (QED) is 0.748. The smallest absolute Gasteiger partial charge is 0.344 e. The largest absolute Gasteiger partial charge is 0.481 e. The first-order valence-corrected chi connectivity index (χ1v) is 7.03. The lowest BCUT2D eigenvalue weighted by Crippen LogP contribution is -2.21. The Hall–Kier alpha value is -2.88. The maximum Gasteiger partial charge on any atom is 0.344 e. The number of benzene rings is 2. The fourth-order valence-electron chi connectivity index (χ4n) is 3.22. The van der Waals surface area contributed by atoms with E-state index in [0.717, 1.165) is 10.9 Å². The highest BCUT2D eigenvalue weighted by atomic mass is 16.4. The standard InChI is InChI=1S/C18H12O4/c19-17(20)15-9-14-11-6-2-4-8-13(11)18(21)22-16(14)12-7-3-1-5-10(12)15/h1-8,15H,9H2,(H,19,20)/t15-/m0/s1. The van der Waals surface area contributed by atoms with Crippen molar-refractivity contribution in [3.8, 4) is 11.3 Å². The minimum atomic E-state index is -0.867. The molecule has 0 saturated heterocycles. The van der Waals surface area contributed by atoms with Gasteiger partial charge in [-0.1, -0.05) is 42.5 Å². The third-order valence-electron chi connectivity index (χ3n) is 4.23. The van der Waals surface area contributed by atoms with Crippen molar-refractivity contribution in [2.24, 2.45) is 0 Å². The topological polar surface area (TPSA) is 67.5 Å². The van der Waals surface area contributed by atoms with Crippen LogP contribution in [0.25, 0.3) is 22.1 Å². The molecule has 0 saturated carbocycles. The van der Waals surface area contributed by atoms with E-state index >= 15 is 0 Å². The summed E-state index contributed by atoms with van der Waals surface area (Å²) in [6.07, 6.45) is 0.325. The van der Waals surface area contributed by atoms with Crippen LogP contribution in [0.5, 0.6) is 0 Å². The predicted molar refractivity (Wildman–Crippen MR) is 82.0 cm³/mol. The summed E-state index contributed by atoms with van der Waals surface area (Å²) in [6, 6.07) is 14.4. The molecular formula is C18H12O4. The van der Waals surface area contributed by atoms with Gasteiger partial charge in [-0.3, -0.25) is 4.79 Å². The molecule has 0 unspecified atom stereocenters. The number of carbonyl (C=O) groups is 1. The van der Waals surface area contributed by atoms with E-state index in [1.54, 1.807) is 30.3 Å². The van der Waals surface area contributed by atoms with Crippen LogP contribution in [0.15, 0.2) is 57.7 Å². The average molecular weight is 292 g/mol. The second kappa shape index (κ2) is 4.56. The van der Waals surface area contributed by atoms with E-state index in [2.05, 4.69) is 0 Å². The zero-order valence-electron chi connectivity index (χ0n) is 11.6. The summed E-state index contributed by atoms with van der Waals surface area (Å²) in [5.41, 5.74) is 1.79. The van der Waals surface area contributed by atoms with Crippen LogP contribution in [0.4, 0.5) is 0 Å². The van der Waals surface area contributed by atoms with Gasteiger partial charge in [0.25, 0.3) is 0 Å². The third kappa shape index (κ3) is 1.70. The highest BCUT2D eigenvalue weighted by molar-refractivity contribution is 5.93. The van der Waals surface area contributed by atoms with Crippen molar-refractivity contribution in [1.82, 2.24) is 0 Å². The lowest BCUT2D eigenvalue weighted by molar-refractivity contribution is -0.138. The number of carboxylic acid groups (broad SMARTS) is 1. The average Bonchev–Trinajstić information content (AvgIpc) is 2.54. The molecule has 108 valence electrons. The molecule has 1 aliphatic rings. The Morgan fingerprint density at radius 1 is 1.05 bits per heavy atom. The molecule has 2 aromatic carbocycles. The summed E-state index contributed by atoms with van der Waals surface area (Å²) in [6.45, 7) is 0. The van der Waals surface area contributed by atoms with Crippen LogP contribution in [0.2, 0.25) is 0 Å². The summed E-state index contributed by atoms with van der Waals surface area (Å²) in [5, 5.41) is 10.8. The van der Waals surface area contributed by atoms with E-state index in [9.17, 15) is 14.7 Å². The van der Waals surface area contributed by atoms with Crippen molar-refractivity contribution in [3.63, 3.8) is 0 Å². The first-order valence-electron chi connectivity index (χ1n) is 7.03. The minimum Gasteiger partial charge on any atom is -0.481 e. The van der Waals surface area contributed by atoms with Gasteiger partial charge in [-0.25, -0.2) is 4.79 Å². The molecule has 4 heteroatoms.